The maximum atomic E-state index is 13.5. The van der Waals surface area contributed by atoms with Crippen LogP contribution in [0.2, 0.25) is 0 Å². The van der Waals surface area contributed by atoms with Crippen LogP contribution in [-0.2, 0) is 17.8 Å². The Bertz CT molecular complexity index is 826. The predicted octanol–water partition coefficient (Wildman–Crippen LogP) is 5.49. The molecule has 0 N–H and O–H groups in total. The van der Waals surface area contributed by atoms with Crippen LogP contribution in [0.1, 0.15) is 25.0 Å². The average molecular weight is 343 g/mol. The summed E-state index contributed by atoms with van der Waals surface area (Å²) >= 11 is 0. The number of nitrogens with zero attached hydrogens (tertiary/aromatic N) is 1. The molecule has 3 rings (SSSR count). The number of carbonyl (C=O) groups is 1. The van der Waals surface area contributed by atoms with Gasteiger partial charge in [0.15, 0.2) is 0 Å². The summed E-state index contributed by atoms with van der Waals surface area (Å²) in [5.74, 6) is 0.136. The number of para-hydroxylation sites is 1. The lowest BCUT2D eigenvalue weighted by Crippen LogP contribution is -2.42. The maximum Gasteiger partial charge on any atom is 0.233 e. The molecule has 0 aromatic heterocycles. The summed E-state index contributed by atoms with van der Waals surface area (Å²) in [7, 11) is 0. The van der Waals surface area contributed by atoms with Crippen LogP contribution in [0.15, 0.2) is 91.0 Å². The van der Waals surface area contributed by atoms with Crippen molar-refractivity contribution in [1.29, 1.82) is 0 Å². The van der Waals surface area contributed by atoms with Gasteiger partial charge >= 0.3 is 0 Å². The smallest absolute Gasteiger partial charge is 0.233 e. The van der Waals surface area contributed by atoms with Gasteiger partial charge in [-0.15, -0.1) is 0 Å². The van der Waals surface area contributed by atoms with Gasteiger partial charge in [-0.2, -0.15) is 0 Å². The van der Waals surface area contributed by atoms with Gasteiger partial charge < -0.3 is 4.90 Å². The lowest BCUT2D eigenvalue weighted by molar-refractivity contribution is -0.126. The van der Waals surface area contributed by atoms with Crippen molar-refractivity contribution in [3.63, 3.8) is 0 Å². The van der Waals surface area contributed by atoms with Crippen molar-refractivity contribution < 1.29 is 4.79 Å². The van der Waals surface area contributed by atoms with Crippen molar-refractivity contribution >= 4 is 11.6 Å². The van der Waals surface area contributed by atoms with Crippen LogP contribution in [0.4, 0.5) is 5.69 Å². The molecule has 0 atom stereocenters. The molecule has 2 nitrogen and oxygen atoms in total. The van der Waals surface area contributed by atoms with Crippen LogP contribution in [0.3, 0.4) is 0 Å². The summed E-state index contributed by atoms with van der Waals surface area (Å²) in [6.07, 6.45) is 0.713. The molecule has 0 saturated heterocycles. The molecule has 0 aliphatic rings. The molecule has 0 heterocycles. The molecule has 26 heavy (non-hydrogen) atoms. The molecule has 1 amide bonds. The minimum Gasteiger partial charge on any atom is -0.308 e. The highest BCUT2D eigenvalue weighted by atomic mass is 16.2. The predicted molar refractivity (Wildman–Crippen MR) is 108 cm³/mol. The third-order valence-electron chi connectivity index (χ3n) is 4.56. The van der Waals surface area contributed by atoms with Crippen LogP contribution in [0.5, 0.6) is 0 Å². The lowest BCUT2D eigenvalue weighted by atomic mass is 9.84. The second-order valence-electron chi connectivity index (χ2n) is 7.26. The fourth-order valence-electron chi connectivity index (χ4n) is 3.20. The van der Waals surface area contributed by atoms with E-state index >= 15 is 0 Å². The summed E-state index contributed by atoms with van der Waals surface area (Å²) < 4.78 is 0. The molecular formula is C24H25NO. The molecule has 3 aromatic carbocycles. The van der Waals surface area contributed by atoms with E-state index in [1.54, 1.807) is 0 Å². The number of hydrogen-bond acceptors (Lipinski definition) is 1. The summed E-state index contributed by atoms with van der Waals surface area (Å²) in [5, 5.41) is 0. The number of rotatable bonds is 6. The van der Waals surface area contributed by atoms with Crippen molar-refractivity contribution in [2.45, 2.75) is 26.8 Å². The van der Waals surface area contributed by atoms with Crippen LogP contribution < -0.4 is 4.90 Å². The Morgan fingerprint density at radius 3 is 1.73 bits per heavy atom. The van der Waals surface area contributed by atoms with E-state index in [1.165, 1.54) is 5.56 Å². The quantitative estimate of drug-likeness (QED) is 0.579. The number of hydrogen-bond donors (Lipinski definition) is 0. The lowest BCUT2D eigenvalue weighted by Gasteiger charge is -2.32. The molecule has 3 aromatic rings. The van der Waals surface area contributed by atoms with E-state index < -0.39 is 5.41 Å². The van der Waals surface area contributed by atoms with Crippen molar-refractivity contribution in [1.82, 2.24) is 0 Å². The first kappa shape index (κ1) is 17.9. The van der Waals surface area contributed by atoms with Gasteiger partial charge in [-0.1, -0.05) is 92.7 Å². The van der Waals surface area contributed by atoms with E-state index in [0.29, 0.717) is 13.0 Å². The fourth-order valence-corrected chi connectivity index (χ4v) is 3.20. The second-order valence-corrected chi connectivity index (χ2v) is 7.26. The molecular weight excluding hydrogens is 318 g/mol. The Hall–Kier alpha value is -2.87. The van der Waals surface area contributed by atoms with E-state index in [2.05, 4.69) is 24.3 Å². The molecule has 0 bridgehead atoms. The summed E-state index contributed by atoms with van der Waals surface area (Å²) in [5.41, 5.74) is 2.74. The number of anilines is 1. The first-order valence-electron chi connectivity index (χ1n) is 9.01. The Morgan fingerprint density at radius 2 is 1.19 bits per heavy atom. The minimum atomic E-state index is -0.494. The highest BCUT2D eigenvalue weighted by Gasteiger charge is 2.33. The van der Waals surface area contributed by atoms with Gasteiger partial charge in [-0.3, -0.25) is 4.79 Å². The first-order chi connectivity index (χ1) is 12.6. The van der Waals surface area contributed by atoms with E-state index in [1.807, 2.05) is 85.5 Å². The Balaban J connectivity index is 1.89. The molecule has 0 aliphatic heterocycles. The van der Waals surface area contributed by atoms with E-state index in [9.17, 15) is 4.79 Å². The van der Waals surface area contributed by atoms with Gasteiger partial charge in [0.1, 0.15) is 0 Å². The molecule has 0 radical (unpaired) electrons. The van der Waals surface area contributed by atoms with Gasteiger partial charge in [0.2, 0.25) is 5.91 Å². The number of benzene rings is 3. The first-order valence-corrected chi connectivity index (χ1v) is 9.01. The van der Waals surface area contributed by atoms with E-state index in [-0.39, 0.29) is 5.91 Å². The van der Waals surface area contributed by atoms with Gasteiger partial charge in [0, 0.05) is 11.1 Å². The third kappa shape index (κ3) is 4.40. The maximum absolute atomic E-state index is 13.5. The SMILES string of the molecule is CC(C)(Cc1ccccc1)C(=O)N(Cc1ccccc1)c1ccccc1. The molecule has 0 saturated carbocycles. The van der Waals surface area contributed by atoms with Crippen molar-refractivity contribution in [3.8, 4) is 0 Å². The summed E-state index contributed by atoms with van der Waals surface area (Å²) in [6.45, 7) is 4.63. The zero-order chi connectivity index (χ0) is 18.4. The zero-order valence-electron chi connectivity index (χ0n) is 15.4. The van der Waals surface area contributed by atoms with Crippen LogP contribution in [0.25, 0.3) is 0 Å². The van der Waals surface area contributed by atoms with Crippen molar-refractivity contribution in [3.05, 3.63) is 102 Å². The highest BCUT2D eigenvalue weighted by Crippen LogP contribution is 2.29. The van der Waals surface area contributed by atoms with Gasteiger partial charge in [-0.25, -0.2) is 0 Å². The second kappa shape index (κ2) is 8.01. The molecule has 0 fully saturated rings. The normalized spacial score (nSPS) is 11.2. The molecule has 2 heteroatoms. The zero-order valence-corrected chi connectivity index (χ0v) is 15.4. The molecule has 0 spiro atoms. The molecule has 132 valence electrons. The van der Waals surface area contributed by atoms with Crippen molar-refractivity contribution in [2.75, 3.05) is 4.90 Å². The minimum absolute atomic E-state index is 0.136. The molecule has 0 aliphatic carbocycles. The Kier molecular flexibility index (Phi) is 5.52. The monoisotopic (exact) mass is 343 g/mol. The van der Waals surface area contributed by atoms with Gasteiger partial charge in [0.05, 0.1) is 6.54 Å². The van der Waals surface area contributed by atoms with Crippen molar-refractivity contribution in [2.24, 2.45) is 5.41 Å². The van der Waals surface area contributed by atoms with Crippen LogP contribution in [-0.4, -0.2) is 5.91 Å². The average Bonchev–Trinajstić information content (AvgIpc) is 2.67. The topological polar surface area (TPSA) is 20.3 Å². The summed E-state index contributed by atoms with van der Waals surface area (Å²) in [6, 6.07) is 30.3. The number of carbonyl (C=O) groups excluding carboxylic acids is 1. The fraction of sp³-hybridized carbons (Fsp3) is 0.208. The largest absolute Gasteiger partial charge is 0.308 e. The number of amides is 1. The van der Waals surface area contributed by atoms with E-state index in [0.717, 1.165) is 11.3 Å². The highest BCUT2D eigenvalue weighted by molar-refractivity contribution is 5.97. The van der Waals surface area contributed by atoms with Crippen LogP contribution in [0, 0.1) is 5.41 Å². The summed E-state index contributed by atoms with van der Waals surface area (Å²) in [4.78, 5) is 15.4. The Morgan fingerprint density at radius 1 is 0.731 bits per heavy atom. The van der Waals surface area contributed by atoms with E-state index in [4.69, 9.17) is 0 Å². The van der Waals surface area contributed by atoms with Gasteiger partial charge in [-0.05, 0) is 29.7 Å². The van der Waals surface area contributed by atoms with Gasteiger partial charge in [0.25, 0.3) is 0 Å². The Labute approximate surface area is 156 Å². The third-order valence-corrected chi connectivity index (χ3v) is 4.56. The van der Waals surface area contributed by atoms with Crippen LogP contribution >= 0.6 is 0 Å². The molecule has 0 unspecified atom stereocenters. The standard InChI is InChI=1S/C24H25NO/c1-24(2,18-20-12-6-3-7-13-20)23(26)25(22-16-10-5-11-17-22)19-21-14-8-4-9-15-21/h3-17H,18-19H2,1-2H3.